The van der Waals surface area contributed by atoms with Crippen LogP contribution in [0.25, 0.3) is 0 Å². The molecule has 0 radical (unpaired) electrons. The van der Waals surface area contributed by atoms with E-state index in [0.717, 1.165) is 5.56 Å². The van der Waals surface area contributed by atoms with Gasteiger partial charge < -0.3 is 20.1 Å². The van der Waals surface area contributed by atoms with Crippen LogP contribution < -0.4 is 15.4 Å². The number of nitrogens with zero attached hydrogens (tertiary/aromatic N) is 2. The fourth-order valence-electron chi connectivity index (χ4n) is 2.08. The molecule has 2 N–H and O–H groups in total. The van der Waals surface area contributed by atoms with E-state index < -0.39 is 0 Å². The predicted molar refractivity (Wildman–Crippen MR) is 111 cm³/mol. The van der Waals surface area contributed by atoms with Gasteiger partial charge >= 0.3 is 0 Å². The Morgan fingerprint density at radius 1 is 1.23 bits per heavy atom. The topological polar surface area (TPSA) is 67.8 Å². The average molecular weight is 474 g/mol. The van der Waals surface area contributed by atoms with Crippen LogP contribution in [0.15, 0.2) is 47.6 Å². The minimum atomic E-state index is -0.355. The molecule has 8 heteroatoms. The van der Waals surface area contributed by atoms with Crippen molar-refractivity contribution in [2.45, 2.75) is 13.5 Å². The number of guanidine groups is 1. The summed E-state index contributed by atoms with van der Waals surface area (Å²) in [4.78, 5) is 8.38. The number of pyridine rings is 1. The Morgan fingerprint density at radius 2 is 2.08 bits per heavy atom. The number of rotatable bonds is 8. The van der Waals surface area contributed by atoms with Crippen LogP contribution in [0.5, 0.6) is 11.6 Å². The van der Waals surface area contributed by atoms with Gasteiger partial charge in [-0.2, -0.15) is 0 Å². The lowest BCUT2D eigenvalue weighted by atomic mass is 10.2. The Bertz CT molecular complexity index is 700. The second-order valence-electron chi connectivity index (χ2n) is 5.08. The van der Waals surface area contributed by atoms with E-state index in [4.69, 9.17) is 9.47 Å². The third-order valence-electron chi connectivity index (χ3n) is 3.27. The molecule has 0 aliphatic heterocycles. The fourth-order valence-corrected chi connectivity index (χ4v) is 2.08. The standard InChI is InChI=1S/C18H23FN4O2.HI/c1-3-24-11-10-22-18(20-2)23-13-14-6-5-9-21-17(14)25-16-8-4-7-15(19)12-16;/h4-9,12H,3,10-11,13H2,1-2H3,(H2,20,22,23);1H. The number of ether oxygens (including phenoxy) is 2. The summed E-state index contributed by atoms with van der Waals surface area (Å²) in [5.74, 6) is 1.12. The van der Waals surface area contributed by atoms with E-state index in [1.54, 1.807) is 25.4 Å². The average Bonchev–Trinajstić information content (AvgIpc) is 2.62. The summed E-state index contributed by atoms with van der Waals surface area (Å²) in [5, 5.41) is 6.34. The van der Waals surface area contributed by atoms with Gasteiger partial charge in [-0.05, 0) is 25.1 Å². The molecule has 26 heavy (non-hydrogen) atoms. The maximum absolute atomic E-state index is 13.3. The summed E-state index contributed by atoms with van der Waals surface area (Å²) in [7, 11) is 1.70. The van der Waals surface area contributed by atoms with Gasteiger partial charge in [0.25, 0.3) is 0 Å². The van der Waals surface area contributed by atoms with Crippen molar-refractivity contribution in [3.63, 3.8) is 0 Å². The van der Waals surface area contributed by atoms with Crippen molar-refractivity contribution in [1.29, 1.82) is 0 Å². The first-order chi connectivity index (χ1) is 12.2. The van der Waals surface area contributed by atoms with Gasteiger partial charge in [0.1, 0.15) is 11.6 Å². The number of nitrogens with one attached hydrogen (secondary N) is 2. The summed E-state index contributed by atoms with van der Waals surface area (Å²) in [6.07, 6.45) is 1.63. The Labute approximate surface area is 170 Å². The first-order valence-electron chi connectivity index (χ1n) is 8.12. The molecule has 0 saturated carbocycles. The molecule has 1 heterocycles. The van der Waals surface area contributed by atoms with Gasteiger partial charge in [-0.25, -0.2) is 9.37 Å². The first kappa shape index (κ1) is 22.1. The van der Waals surface area contributed by atoms with Gasteiger partial charge in [0.05, 0.1) is 6.61 Å². The summed E-state index contributed by atoms with van der Waals surface area (Å²) >= 11 is 0. The van der Waals surface area contributed by atoms with Crippen molar-refractivity contribution >= 4 is 29.9 Å². The number of aliphatic imine (C=N–C) groups is 1. The maximum atomic E-state index is 13.3. The molecule has 2 rings (SSSR count). The minimum absolute atomic E-state index is 0. The zero-order valence-electron chi connectivity index (χ0n) is 14.9. The van der Waals surface area contributed by atoms with E-state index in [1.165, 1.54) is 12.1 Å². The van der Waals surface area contributed by atoms with Crippen LogP contribution in [0.2, 0.25) is 0 Å². The quantitative estimate of drug-likeness (QED) is 0.266. The lowest BCUT2D eigenvalue weighted by Gasteiger charge is -2.14. The van der Waals surface area contributed by atoms with E-state index in [9.17, 15) is 4.39 Å². The monoisotopic (exact) mass is 474 g/mol. The summed E-state index contributed by atoms with van der Waals surface area (Å²) in [5.41, 5.74) is 0.833. The van der Waals surface area contributed by atoms with E-state index in [2.05, 4.69) is 20.6 Å². The molecule has 0 fully saturated rings. The normalized spacial score (nSPS) is 10.8. The summed E-state index contributed by atoms with van der Waals surface area (Å²) in [6, 6.07) is 9.67. The van der Waals surface area contributed by atoms with Crippen LogP contribution in [0.1, 0.15) is 12.5 Å². The molecule has 1 aromatic heterocycles. The Balaban J connectivity index is 0.00000338. The fraction of sp³-hybridized carbons (Fsp3) is 0.333. The van der Waals surface area contributed by atoms with Crippen LogP contribution >= 0.6 is 24.0 Å². The van der Waals surface area contributed by atoms with E-state index in [0.29, 0.717) is 43.9 Å². The highest BCUT2D eigenvalue weighted by Gasteiger charge is 2.08. The van der Waals surface area contributed by atoms with E-state index in [-0.39, 0.29) is 29.8 Å². The summed E-state index contributed by atoms with van der Waals surface area (Å²) in [6.45, 7) is 4.37. The minimum Gasteiger partial charge on any atom is -0.439 e. The van der Waals surface area contributed by atoms with Crippen molar-refractivity contribution in [3.8, 4) is 11.6 Å². The zero-order valence-corrected chi connectivity index (χ0v) is 17.2. The molecule has 0 saturated heterocycles. The number of aromatic nitrogens is 1. The molecule has 0 atom stereocenters. The second-order valence-corrected chi connectivity index (χ2v) is 5.08. The van der Waals surface area contributed by atoms with Crippen molar-refractivity contribution in [1.82, 2.24) is 15.6 Å². The Morgan fingerprint density at radius 3 is 2.81 bits per heavy atom. The molecule has 0 aliphatic rings. The molecule has 0 unspecified atom stereocenters. The van der Waals surface area contributed by atoms with Gasteiger partial charge in [0, 0.05) is 44.6 Å². The molecular formula is C18H24FIN4O2. The molecule has 0 aliphatic carbocycles. The van der Waals surface area contributed by atoms with Crippen molar-refractivity contribution in [2.75, 3.05) is 26.8 Å². The van der Waals surface area contributed by atoms with Crippen LogP contribution in [0.4, 0.5) is 4.39 Å². The molecule has 6 nitrogen and oxygen atoms in total. The molecule has 0 spiro atoms. The van der Waals surface area contributed by atoms with Crippen LogP contribution in [0, 0.1) is 5.82 Å². The number of benzene rings is 1. The lowest BCUT2D eigenvalue weighted by Crippen LogP contribution is -2.38. The molecule has 142 valence electrons. The van der Waals surface area contributed by atoms with E-state index >= 15 is 0 Å². The molecule has 0 amide bonds. The number of hydrogen-bond acceptors (Lipinski definition) is 4. The highest BCUT2D eigenvalue weighted by Crippen LogP contribution is 2.23. The molecular weight excluding hydrogens is 450 g/mol. The zero-order chi connectivity index (χ0) is 17.9. The van der Waals surface area contributed by atoms with Crippen molar-refractivity contribution < 1.29 is 13.9 Å². The third-order valence-corrected chi connectivity index (χ3v) is 3.27. The van der Waals surface area contributed by atoms with Gasteiger partial charge in [0.15, 0.2) is 5.96 Å². The predicted octanol–water partition coefficient (Wildman–Crippen LogP) is 3.33. The highest BCUT2D eigenvalue weighted by molar-refractivity contribution is 14.0. The van der Waals surface area contributed by atoms with Crippen molar-refractivity contribution in [3.05, 3.63) is 54.0 Å². The SMILES string of the molecule is CCOCCNC(=NC)NCc1cccnc1Oc1cccc(F)c1.I. The number of halogens is 2. The highest BCUT2D eigenvalue weighted by atomic mass is 127. The van der Waals surface area contributed by atoms with Gasteiger partial charge in [-0.15, -0.1) is 24.0 Å². The van der Waals surface area contributed by atoms with Gasteiger partial charge in [0.2, 0.25) is 5.88 Å². The van der Waals surface area contributed by atoms with Crippen LogP contribution in [0.3, 0.4) is 0 Å². The van der Waals surface area contributed by atoms with Gasteiger partial charge in [-0.1, -0.05) is 12.1 Å². The molecule has 2 aromatic rings. The van der Waals surface area contributed by atoms with Crippen LogP contribution in [-0.2, 0) is 11.3 Å². The molecule has 1 aromatic carbocycles. The van der Waals surface area contributed by atoms with E-state index in [1.807, 2.05) is 19.1 Å². The maximum Gasteiger partial charge on any atom is 0.224 e. The third kappa shape index (κ3) is 7.52. The number of hydrogen-bond donors (Lipinski definition) is 2. The summed E-state index contributed by atoms with van der Waals surface area (Å²) < 4.78 is 24.3. The molecule has 0 bridgehead atoms. The Hall–Kier alpha value is -1.94. The Kier molecular flexibility index (Phi) is 10.6. The second kappa shape index (κ2) is 12.4. The van der Waals surface area contributed by atoms with Crippen LogP contribution in [-0.4, -0.2) is 37.7 Å². The first-order valence-corrected chi connectivity index (χ1v) is 8.12. The van der Waals surface area contributed by atoms with Gasteiger partial charge in [-0.3, -0.25) is 4.99 Å². The smallest absolute Gasteiger partial charge is 0.224 e. The largest absolute Gasteiger partial charge is 0.439 e. The van der Waals surface area contributed by atoms with Crippen molar-refractivity contribution in [2.24, 2.45) is 4.99 Å². The lowest BCUT2D eigenvalue weighted by molar-refractivity contribution is 0.152.